The second kappa shape index (κ2) is 7.60. The smallest absolute Gasteiger partial charge is 0.228 e. The van der Waals surface area contributed by atoms with E-state index in [4.69, 9.17) is 14.7 Å². The number of fused-ring (bicyclic) bond motifs is 1. The standard InChI is InChI=1S/C23H24N4O/c1-2-7-19(8-3-1)21-16-22(26-12-14-28-15-13-26)25-23(24-21)27-11-10-18-6-4-5-9-20(18)17-27/h1-9,16H,10-15,17H2. The maximum absolute atomic E-state index is 5.53. The van der Waals surface area contributed by atoms with Gasteiger partial charge in [0.15, 0.2) is 0 Å². The molecule has 3 heterocycles. The molecule has 5 rings (SSSR count). The Morgan fingerprint density at radius 2 is 1.50 bits per heavy atom. The van der Waals surface area contributed by atoms with Crippen molar-refractivity contribution in [2.24, 2.45) is 0 Å². The molecule has 0 unspecified atom stereocenters. The van der Waals surface area contributed by atoms with E-state index in [-0.39, 0.29) is 0 Å². The summed E-state index contributed by atoms with van der Waals surface area (Å²) in [7, 11) is 0. The number of hydrogen-bond donors (Lipinski definition) is 0. The van der Waals surface area contributed by atoms with Crippen LogP contribution in [0, 0.1) is 0 Å². The fourth-order valence-corrected chi connectivity index (χ4v) is 3.94. The highest BCUT2D eigenvalue weighted by molar-refractivity contribution is 5.65. The van der Waals surface area contributed by atoms with E-state index in [1.54, 1.807) is 0 Å². The van der Waals surface area contributed by atoms with Gasteiger partial charge in [-0.25, -0.2) is 4.98 Å². The van der Waals surface area contributed by atoms with Crippen LogP contribution >= 0.6 is 0 Å². The minimum absolute atomic E-state index is 0.747. The predicted molar refractivity (Wildman–Crippen MR) is 112 cm³/mol. The summed E-state index contributed by atoms with van der Waals surface area (Å²) in [6, 6.07) is 21.2. The normalized spacial score (nSPS) is 16.7. The average molecular weight is 372 g/mol. The Hall–Kier alpha value is -2.92. The molecular formula is C23H24N4O. The Morgan fingerprint density at radius 3 is 2.32 bits per heavy atom. The monoisotopic (exact) mass is 372 g/mol. The van der Waals surface area contributed by atoms with E-state index in [1.165, 1.54) is 11.1 Å². The van der Waals surface area contributed by atoms with Crippen molar-refractivity contribution in [1.29, 1.82) is 0 Å². The minimum Gasteiger partial charge on any atom is -0.378 e. The van der Waals surface area contributed by atoms with Gasteiger partial charge in [0, 0.05) is 37.8 Å². The highest BCUT2D eigenvalue weighted by Crippen LogP contribution is 2.28. The van der Waals surface area contributed by atoms with Gasteiger partial charge in [-0.1, -0.05) is 54.6 Å². The lowest BCUT2D eigenvalue weighted by molar-refractivity contribution is 0.122. The summed E-state index contributed by atoms with van der Waals surface area (Å²) in [5, 5.41) is 0. The van der Waals surface area contributed by atoms with Gasteiger partial charge in [-0.2, -0.15) is 4.98 Å². The molecule has 2 aliphatic heterocycles. The zero-order valence-corrected chi connectivity index (χ0v) is 15.9. The van der Waals surface area contributed by atoms with Gasteiger partial charge in [0.05, 0.1) is 18.9 Å². The lowest BCUT2D eigenvalue weighted by atomic mass is 10.0. The second-order valence-corrected chi connectivity index (χ2v) is 7.32. The number of morpholine rings is 1. The molecule has 5 heteroatoms. The molecule has 1 fully saturated rings. The van der Waals surface area contributed by atoms with Crippen LogP contribution < -0.4 is 9.80 Å². The molecule has 2 aromatic carbocycles. The van der Waals surface area contributed by atoms with Crippen molar-refractivity contribution in [1.82, 2.24) is 9.97 Å². The zero-order chi connectivity index (χ0) is 18.8. The quantitative estimate of drug-likeness (QED) is 0.703. The molecule has 0 radical (unpaired) electrons. The first-order chi connectivity index (χ1) is 13.9. The molecule has 2 aliphatic rings. The predicted octanol–water partition coefficient (Wildman–Crippen LogP) is 3.54. The Morgan fingerprint density at radius 1 is 0.750 bits per heavy atom. The lowest BCUT2D eigenvalue weighted by Crippen LogP contribution is -2.37. The number of aromatic nitrogens is 2. The van der Waals surface area contributed by atoms with Gasteiger partial charge in [-0.3, -0.25) is 0 Å². The summed E-state index contributed by atoms with van der Waals surface area (Å²) in [4.78, 5) is 14.5. The minimum atomic E-state index is 0.747. The largest absolute Gasteiger partial charge is 0.378 e. The molecular weight excluding hydrogens is 348 g/mol. The summed E-state index contributed by atoms with van der Waals surface area (Å²) >= 11 is 0. The first kappa shape index (κ1) is 17.2. The van der Waals surface area contributed by atoms with E-state index in [0.29, 0.717) is 0 Å². The van der Waals surface area contributed by atoms with Crippen LogP contribution in [0.25, 0.3) is 11.3 Å². The van der Waals surface area contributed by atoms with Crippen molar-refractivity contribution in [3.8, 4) is 11.3 Å². The molecule has 0 aliphatic carbocycles. The number of nitrogens with zero attached hydrogens (tertiary/aromatic N) is 4. The molecule has 28 heavy (non-hydrogen) atoms. The molecule has 1 aromatic heterocycles. The zero-order valence-electron chi connectivity index (χ0n) is 15.9. The number of anilines is 2. The van der Waals surface area contributed by atoms with Crippen molar-refractivity contribution in [3.63, 3.8) is 0 Å². The van der Waals surface area contributed by atoms with Crippen molar-refractivity contribution in [2.75, 3.05) is 42.6 Å². The van der Waals surface area contributed by atoms with Crippen LogP contribution in [0.15, 0.2) is 60.7 Å². The first-order valence-electron chi connectivity index (χ1n) is 9.96. The molecule has 0 bridgehead atoms. The summed E-state index contributed by atoms with van der Waals surface area (Å²) in [5.41, 5.74) is 4.91. The Balaban J connectivity index is 1.53. The van der Waals surface area contributed by atoms with Crippen LogP contribution in [0.5, 0.6) is 0 Å². The van der Waals surface area contributed by atoms with Gasteiger partial charge in [0.25, 0.3) is 0 Å². The Bertz CT molecular complexity index is 954. The fraction of sp³-hybridized carbons (Fsp3) is 0.304. The molecule has 0 N–H and O–H groups in total. The van der Waals surface area contributed by atoms with Crippen molar-refractivity contribution >= 4 is 11.8 Å². The van der Waals surface area contributed by atoms with Gasteiger partial charge < -0.3 is 14.5 Å². The van der Waals surface area contributed by atoms with Gasteiger partial charge in [-0.05, 0) is 17.5 Å². The number of rotatable bonds is 3. The topological polar surface area (TPSA) is 41.5 Å². The van der Waals surface area contributed by atoms with E-state index < -0.39 is 0 Å². The van der Waals surface area contributed by atoms with Crippen LogP contribution in [-0.2, 0) is 17.7 Å². The van der Waals surface area contributed by atoms with E-state index >= 15 is 0 Å². The molecule has 3 aromatic rings. The van der Waals surface area contributed by atoms with Crippen LogP contribution in [0.3, 0.4) is 0 Å². The SMILES string of the molecule is c1ccc(-c2cc(N3CCOCC3)nc(N3CCc4ccccc4C3)n2)cc1. The van der Waals surface area contributed by atoms with Crippen molar-refractivity contribution in [3.05, 3.63) is 71.8 Å². The lowest BCUT2D eigenvalue weighted by Gasteiger charge is -2.32. The maximum atomic E-state index is 5.53. The third-order valence-corrected chi connectivity index (χ3v) is 5.52. The van der Waals surface area contributed by atoms with Crippen LogP contribution in [0.2, 0.25) is 0 Å². The molecule has 0 saturated carbocycles. The average Bonchev–Trinajstić information content (AvgIpc) is 2.79. The fourth-order valence-electron chi connectivity index (χ4n) is 3.94. The summed E-state index contributed by atoms with van der Waals surface area (Å²) < 4.78 is 5.53. The third kappa shape index (κ3) is 3.45. The summed E-state index contributed by atoms with van der Waals surface area (Å²) in [6.45, 7) is 5.03. The van der Waals surface area contributed by atoms with Gasteiger partial charge in [0.2, 0.25) is 5.95 Å². The third-order valence-electron chi connectivity index (χ3n) is 5.52. The van der Waals surface area contributed by atoms with E-state index in [2.05, 4.69) is 64.4 Å². The van der Waals surface area contributed by atoms with E-state index in [1.807, 2.05) is 6.07 Å². The molecule has 0 amide bonds. The Labute approximate surface area is 165 Å². The second-order valence-electron chi connectivity index (χ2n) is 7.32. The van der Waals surface area contributed by atoms with Gasteiger partial charge in [0.1, 0.15) is 5.82 Å². The van der Waals surface area contributed by atoms with Gasteiger partial charge in [-0.15, -0.1) is 0 Å². The molecule has 0 atom stereocenters. The number of ether oxygens (including phenoxy) is 1. The maximum Gasteiger partial charge on any atom is 0.228 e. The van der Waals surface area contributed by atoms with Crippen LogP contribution in [0.4, 0.5) is 11.8 Å². The summed E-state index contributed by atoms with van der Waals surface area (Å²) in [5.74, 6) is 1.81. The first-order valence-corrected chi connectivity index (χ1v) is 9.96. The van der Waals surface area contributed by atoms with Gasteiger partial charge >= 0.3 is 0 Å². The number of hydrogen-bond acceptors (Lipinski definition) is 5. The van der Waals surface area contributed by atoms with Crippen molar-refractivity contribution in [2.45, 2.75) is 13.0 Å². The molecule has 0 spiro atoms. The van der Waals surface area contributed by atoms with Crippen LogP contribution in [-0.4, -0.2) is 42.8 Å². The molecule has 5 nitrogen and oxygen atoms in total. The molecule has 1 saturated heterocycles. The Kier molecular flexibility index (Phi) is 4.67. The van der Waals surface area contributed by atoms with E-state index in [0.717, 1.165) is 68.8 Å². The highest BCUT2D eigenvalue weighted by Gasteiger charge is 2.21. The summed E-state index contributed by atoms with van der Waals surface area (Å²) in [6.07, 6.45) is 1.03. The van der Waals surface area contributed by atoms with Crippen LogP contribution in [0.1, 0.15) is 11.1 Å². The highest BCUT2D eigenvalue weighted by atomic mass is 16.5. The molecule has 142 valence electrons. The number of benzene rings is 2. The van der Waals surface area contributed by atoms with E-state index in [9.17, 15) is 0 Å². The van der Waals surface area contributed by atoms with Crippen molar-refractivity contribution < 1.29 is 4.74 Å².